The number of furan rings is 1. The molecule has 1 aliphatic rings. The van der Waals surface area contributed by atoms with E-state index in [1.165, 1.54) is 11.3 Å². The van der Waals surface area contributed by atoms with Crippen molar-refractivity contribution in [2.75, 3.05) is 0 Å². The number of hydrogen-bond donors (Lipinski definition) is 1. The Kier molecular flexibility index (Phi) is 4.48. The zero-order valence-corrected chi connectivity index (χ0v) is 14.0. The second-order valence-corrected chi connectivity index (χ2v) is 6.49. The average molecular weight is 335 g/mol. The largest absolute Gasteiger partial charge is 0.468 e. The lowest BCUT2D eigenvalue weighted by molar-refractivity contribution is 0.408. The summed E-state index contributed by atoms with van der Waals surface area (Å²) in [6.45, 7) is 1.35. The molecule has 25 heavy (non-hydrogen) atoms. The van der Waals surface area contributed by atoms with Gasteiger partial charge < -0.3 is 14.3 Å². The van der Waals surface area contributed by atoms with Crippen LogP contribution in [0, 0.1) is 0 Å². The molecule has 4 rings (SSSR count). The van der Waals surface area contributed by atoms with Crippen LogP contribution in [0.2, 0.25) is 0 Å². The minimum Gasteiger partial charge on any atom is -0.468 e. The topological polar surface area (TPSA) is 60.1 Å². The summed E-state index contributed by atoms with van der Waals surface area (Å²) in [5.74, 6) is 0.952. The van der Waals surface area contributed by atoms with Crippen molar-refractivity contribution in [1.29, 1.82) is 0 Å². The van der Waals surface area contributed by atoms with E-state index in [4.69, 9.17) is 4.42 Å². The third-order valence-electron chi connectivity index (χ3n) is 4.82. The standard InChI is InChI=1S/C20H21N3O2/c24-20-6-3-16-12-17(22-13-18-2-1-11-25-18)4-5-19(16)23(20)14-15-7-9-21-10-8-15/h1-3,6-11,17,22H,4-5,12-14H2/t17-/m0/s1. The van der Waals surface area contributed by atoms with Gasteiger partial charge in [0.25, 0.3) is 5.56 Å². The van der Waals surface area contributed by atoms with Crippen LogP contribution in [0.4, 0.5) is 0 Å². The maximum atomic E-state index is 12.4. The Hall–Kier alpha value is -2.66. The molecule has 0 aromatic carbocycles. The molecule has 3 aromatic rings. The van der Waals surface area contributed by atoms with Crippen molar-refractivity contribution in [3.63, 3.8) is 0 Å². The first-order valence-corrected chi connectivity index (χ1v) is 8.66. The molecule has 0 radical (unpaired) electrons. The Morgan fingerprint density at radius 2 is 2.08 bits per heavy atom. The van der Waals surface area contributed by atoms with E-state index in [0.717, 1.165) is 37.1 Å². The van der Waals surface area contributed by atoms with E-state index in [2.05, 4.69) is 10.3 Å². The maximum absolute atomic E-state index is 12.4. The highest BCUT2D eigenvalue weighted by atomic mass is 16.3. The number of aromatic nitrogens is 2. The first kappa shape index (κ1) is 15.8. The molecule has 0 saturated heterocycles. The van der Waals surface area contributed by atoms with Crippen LogP contribution < -0.4 is 10.9 Å². The lowest BCUT2D eigenvalue weighted by atomic mass is 9.91. The molecule has 1 aliphatic carbocycles. The molecule has 0 spiro atoms. The van der Waals surface area contributed by atoms with Crippen LogP contribution in [-0.4, -0.2) is 15.6 Å². The lowest BCUT2D eigenvalue weighted by Gasteiger charge is -2.27. The van der Waals surface area contributed by atoms with Crippen molar-refractivity contribution >= 4 is 0 Å². The first-order chi connectivity index (χ1) is 12.3. The van der Waals surface area contributed by atoms with Crippen molar-refractivity contribution in [3.8, 4) is 0 Å². The van der Waals surface area contributed by atoms with Crippen LogP contribution >= 0.6 is 0 Å². The summed E-state index contributed by atoms with van der Waals surface area (Å²) in [5, 5.41) is 3.56. The SMILES string of the molecule is O=c1ccc2c(n1Cc1ccncc1)CC[C@H](NCc1ccco1)C2. The molecule has 0 amide bonds. The highest BCUT2D eigenvalue weighted by Crippen LogP contribution is 2.21. The molecule has 1 N–H and O–H groups in total. The smallest absolute Gasteiger partial charge is 0.251 e. The van der Waals surface area contributed by atoms with Gasteiger partial charge in [0.1, 0.15) is 5.76 Å². The van der Waals surface area contributed by atoms with E-state index < -0.39 is 0 Å². The number of fused-ring (bicyclic) bond motifs is 1. The maximum Gasteiger partial charge on any atom is 0.251 e. The minimum absolute atomic E-state index is 0.0672. The van der Waals surface area contributed by atoms with Gasteiger partial charge in [-0.2, -0.15) is 0 Å². The molecule has 0 saturated carbocycles. The summed E-state index contributed by atoms with van der Waals surface area (Å²) in [4.78, 5) is 16.4. The van der Waals surface area contributed by atoms with Crippen molar-refractivity contribution in [2.45, 2.75) is 38.4 Å². The van der Waals surface area contributed by atoms with E-state index in [1.807, 2.05) is 34.9 Å². The van der Waals surface area contributed by atoms with Gasteiger partial charge in [-0.25, -0.2) is 0 Å². The van der Waals surface area contributed by atoms with Gasteiger partial charge >= 0.3 is 0 Å². The van der Waals surface area contributed by atoms with Crippen LogP contribution in [0.25, 0.3) is 0 Å². The highest BCUT2D eigenvalue weighted by Gasteiger charge is 2.21. The number of nitrogens with one attached hydrogen (secondary N) is 1. The lowest BCUT2D eigenvalue weighted by Crippen LogP contribution is -2.37. The third kappa shape index (κ3) is 3.56. The third-order valence-corrected chi connectivity index (χ3v) is 4.82. The molecule has 0 fully saturated rings. The molecule has 128 valence electrons. The predicted octanol–water partition coefficient (Wildman–Crippen LogP) is 2.53. The minimum atomic E-state index is 0.0672. The van der Waals surface area contributed by atoms with Gasteiger partial charge in [-0.1, -0.05) is 6.07 Å². The number of hydrogen-bond acceptors (Lipinski definition) is 4. The van der Waals surface area contributed by atoms with Crippen LogP contribution in [-0.2, 0) is 25.9 Å². The average Bonchev–Trinajstić information content (AvgIpc) is 3.17. The normalized spacial score (nSPS) is 16.6. The highest BCUT2D eigenvalue weighted by molar-refractivity contribution is 5.27. The molecular formula is C20H21N3O2. The molecule has 1 atom stereocenters. The van der Waals surface area contributed by atoms with Crippen molar-refractivity contribution in [3.05, 3.63) is 88.0 Å². The van der Waals surface area contributed by atoms with Gasteiger partial charge in [0.15, 0.2) is 0 Å². The number of rotatable bonds is 5. The summed E-state index contributed by atoms with van der Waals surface area (Å²) in [5.41, 5.74) is 3.60. The molecule has 3 aromatic heterocycles. The Labute approximate surface area is 146 Å². The van der Waals surface area contributed by atoms with Gasteiger partial charge in [-0.3, -0.25) is 9.78 Å². The Morgan fingerprint density at radius 1 is 1.20 bits per heavy atom. The summed E-state index contributed by atoms with van der Waals surface area (Å²) in [7, 11) is 0. The zero-order chi connectivity index (χ0) is 17.1. The molecule has 0 bridgehead atoms. The van der Waals surface area contributed by atoms with E-state index >= 15 is 0 Å². The van der Waals surface area contributed by atoms with Crippen LogP contribution in [0.1, 0.15) is 29.0 Å². The molecular weight excluding hydrogens is 314 g/mol. The van der Waals surface area contributed by atoms with E-state index in [9.17, 15) is 4.79 Å². The molecule has 3 heterocycles. The summed E-state index contributed by atoms with van der Waals surface area (Å²) in [6.07, 6.45) is 8.10. The van der Waals surface area contributed by atoms with Crippen LogP contribution in [0.3, 0.4) is 0 Å². The first-order valence-electron chi connectivity index (χ1n) is 8.66. The number of pyridine rings is 2. The van der Waals surface area contributed by atoms with Crippen LogP contribution in [0.15, 0.2) is 64.3 Å². The quantitative estimate of drug-likeness (QED) is 0.778. The number of nitrogens with zero attached hydrogens (tertiary/aromatic N) is 2. The summed E-state index contributed by atoms with van der Waals surface area (Å²) >= 11 is 0. The van der Waals surface area contributed by atoms with Crippen molar-refractivity contribution in [2.24, 2.45) is 0 Å². The Morgan fingerprint density at radius 3 is 2.88 bits per heavy atom. The van der Waals surface area contributed by atoms with Crippen molar-refractivity contribution < 1.29 is 4.42 Å². The Bertz CT molecular complexity index is 885. The Balaban J connectivity index is 1.51. The second kappa shape index (κ2) is 7.07. The van der Waals surface area contributed by atoms with Crippen LogP contribution in [0.5, 0.6) is 0 Å². The van der Waals surface area contributed by atoms with Crippen molar-refractivity contribution in [1.82, 2.24) is 14.9 Å². The zero-order valence-electron chi connectivity index (χ0n) is 14.0. The predicted molar refractivity (Wildman–Crippen MR) is 95.4 cm³/mol. The van der Waals surface area contributed by atoms with Gasteiger partial charge in [0.2, 0.25) is 0 Å². The molecule has 0 aliphatic heterocycles. The summed E-state index contributed by atoms with van der Waals surface area (Å²) < 4.78 is 7.29. The molecule has 0 unspecified atom stereocenters. The fraction of sp³-hybridized carbons (Fsp3) is 0.300. The van der Waals surface area contributed by atoms with E-state index in [0.29, 0.717) is 12.6 Å². The summed E-state index contributed by atoms with van der Waals surface area (Å²) in [6, 6.07) is 11.9. The monoisotopic (exact) mass is 335 g/mol. The van der Waals surface area contributed by atoms with Gasteiger partial charge in [0.05, 0.1) is 19.4 Å². The fourth-order valence-electron chi connectivity index (χ4n) is 3.50. The fourth-order valence-corrected chi connectivity index (χ4v) is 3.50. The van der Waals surface area contributed by atoms with E-state index in [1.54, 1.807) is 24.7 Å². The molecule has 5 nitrogen and oxygen atoms in total. The molecule has 5 heteroatoms. The second-order valence-electron chi connectivity index (χ2n) is 6.49. The van der Waals surface area contributed by atoms with Gasteiger partial charge in [0, 0.05) is 30.2 Å². The van der Waals surface area contributed by atoms with Gasteiger partial charge in [-0.05, 0) is 54.7 Å². The van der Waals surface area contributed by atoms with Gasteiger partial charge in [-0.15, -0.1) is 0 Å². The van der Waals surface area contributed by atoms with E-state index in [-0.39, 0.29) is 5.56 Å².